The first kappa shape index (κ1) is 15.8. The van der Waals surface area contributed by atoms with Crippen LogP contribution >= 0.6 is 12.2 Å². The van der Waals surface area contributed by atoms with Crippen molar-refractivity contribution in [2.45, 2.75) is 39.7 Å². The SMILES string of the molecule is CCC(CC)C(C)Nc1ccc(C(N)=S)c(F)c1F. The Balaban J connectivity index is 2.97. The molecule has 0 bridgehead atoms. The van der Waals surface area contributed by atoms with Gasteiger partial charge in [0, 0.05) is 11.6 Å². The van der Waals surface area contributed by atoms with Gasteiger partial charge >= 0.3 is 0 Å². The van der Waals surface area contributed by atoms with E-state index in [2.05, 4.69) is 31.4 Å². The van der Waals surface area contributed by atoms with E-state index in [1.54, 1.807) is 0 Å². The van der Waals surface area contributed by atoms with E-state index in [0.29, 0.717) is 5.92 Å². The van der Waals surface area contributed by atoms with Crippen LogP contribution in [0.1, 0.15) is 39.2 Å². The Morgan fingerprint density at radius 2 is 1.84 bits per heavy atom. The fourth-order valence-corrected chi connectivity index (χ4v) is 2.37. The van der Waals surface area contributed by atoms with Gasteiger partial charge in [0.15, 0.2) is 11.6 Å². The zero-order valence-electron chi connectivity index (χ0n) is 11.5. The Hall–Kier alpha value is -1.23. The summed E-state index contributed by atoms with van der Waals surface area (Å²) in [5.74, 6) is -1.50. The van der Waals surface area contributed by atoms with E-state index in [-0.39, 0.29) is 22.3 Å². The number of hydrogen-bond donors (Lipinski definition) is 2. The van der Waals surface area contributed by atoms with Crippen molar-refractivity contribution < 1.29 is 8.78 Å². The molecule has 106 valence electrons. The molecule has 1 aromatic carbocycles. The van der Waals surface area contributed by atoms with E-state index in [0.717, 1.165) is 12.8 Å². The zero-order valence-corrected chi connectivity index (χ0v) is 12.3. The van der Waals surface area contributed by atoms with Crippen LogP contribution in [0.25, 0.3) is 0 Å². The molecule has 0 radical (unpaired) electrons. The van der Waals surface area contributed by atoms with E-state index in [4.69, 9.17) is 5.73 Å². The van der Waals surface area contributed by atoms with Gasteiger partial charge in [-0.05, 0) is 25.0 Å². The number of benzene rings is 1. The minimum atomic E-state index is -0.991. The quantitative estimate of drug-likeness (QED) is 0.780. The maximum absolute atomic E-state index is 13.9. The smallest absolute Gasteiger partial charge is 0.182 e. The molecule has 0 spiro atoms. The van der Waals surface area contributed by atoms with Crippen molar-refractivity contribution in [3.8, 4) is 0 Å². The minimum Gasteiger partial charge on any atom is -0.389 e. The molecule has 0 aliphatic heterocycles. The van der Waals surface area contributed by atoms with Crippen molar-refractivity contribution >= 4 is 22.9 Å². The molecule has 0 saturated heterocycles. The summed E-state index contributed by atoms with van der Waals surface area (Å²) in [6.45, 7) is 6.13. The van der Waals surface area contributed by atoms with Crippen LogP contribution in [0.4, 0.5) is 14.5 Å². The van der Waals surface area contributed by atoms with Crippen molar-refractivity contribution in [2.24, 2.45) is 11.7 Å². The summed E-state index contributed by atoms with van der Waals surface area (Å²) in [5.41, 5.74) is 5.42. The predicted molar refractivity (Wildman–Crippen MR) is 79.4 cm³/mol. The van der Waals surface area contributed by atoms with Gasteiger partial charge in [-0.3, -0.25) is 0 Å². The third-order valence-electron chi connectivity index (χ3n) is 3.49. The molecule has 0 amide bonds. The summed E-state index contributed by atoms with van der Waals surface area (Å²) in [4.78, 5) is -0.143. The molecule has 0 aromatic heterocycles. The van der Waals surface area contributed by atoms with Crippen LogP contribution in [0.15, 0.2) is 12.1 Å². The van der Waals surface area contributed by atoms with E-state index in [1.807, 2.05) is 6.92 Å². The Morgan fingerprint density at radius 3 is 2.32 bits per heavy atom. The molecule has 1 rings (SSSR count). The second-order valence-corrected chi connectivity index (χ2v) is 5.10. The highest BCUT2D eigenvalue weighted by Gasteiger charge is 2.18. The standard InChI is InChI=1S/C14H20F2N2S/c1-4-9(5-2)8(3)18-11-7-6-10(14(17)19)12(15)13(11)16/h6-9,18H,4-5H2,1-3H3,(H2,17,19). The summed E-state index contributed by atoms with van der Waals surface area (Å²) in [6, 6.07) is 2.95. The monoisotopic (exact) mass is 286 g/mol. The van der Waals surface area contributed by atoms with Crippen LogP contribution in [-0.2, 0) is 0 Å². The lowest BCUT2D eigenvalue weighted by Crippen LogP contribution is -2.26. The van der Waals surface area contributed by atoms with Crippen LogP contribution in [0.2, 0.25) is 0 Å². The van der Waals surface area contributed by atoms with Crippen LogP contribution < -0.4 is 11.1 Å². The summed E-state index contributed by atoms with van der Waals surface area (Å²) in [7, 11) is 0. The van der Waals surface area contributed by atoms with E-state index < -0.39 is 11.6 Å². The maximum atomic E-state index is 13.9. The molecule has 5 heteroatoms. The van der Waals surface area contributed by atoms with Gasteiger partial charge in [0.05, 0.1) is 5.69 Å². The van der Waals surface area contributed by atoms with Gasteiger partial charge in [0.2, 0.25) is 0 Å². The lowest BCUT2D eigenvalue weighted by atomic mass is 9.95. The molecule has 0 fully saturated rings. The molecule has 3 N–H and O–H groups in total. The predicted octanol–water partition coefficient (Wildman–Crippen LogP) is 3.84. The first-order chi connectivity index (χ1) is 8.92. The molecule has 0 saturated carbocycles. The molecule has 0 aliphatic carbocycles. The normalized spacial score (nSPS) is 12.5. The van der Waals surface area contributed by atoms with Gasteiger partial charge < -0.3 is 11.1 Å². The highest BCUT2D eigenvalue weighted by Crippen LogP contribution is 2.24. The number of hydrogen-bond acceptors (Lipinski definition) is 2. The molecular formula is C14H20F2N2S. The van der Waals surface area contributed by atoms with Crippen LogP contribution in [0.3, 0.4) is 0 Å². The van der Waals surface area contributed by atoms with Gasteiger partial charge in [0.25, 0.3) is 0 Å². The molecule has 19 heavy (non-hydrogen) atoms. The van der Waals surface area contributed by atoms with Crippen molar-refractivity contribution in [3.63, 3.8) is 0 Å². The summed E-state index contributed by atoms with van der Waals surface area (Å²) in [6.07, 6.45) is 1.97. The zero-order chi connectivity index (χ0) is 14.6. The number of rotatable bonds is 6. The first-order valence-corrected chi connectivity index (χ1v) is 6.87. The van der Waals surface area contributed by atoms with Gasteiger partial charge in [-0.1, -0.05) is 38.9 Å². The maximum Gasteiger partial charge on any atom is 0.182 e. The second-order valence-electron chi connectivity index (χ2n) is 4.66. The van der Waals surface area contributed by atoms with Crippen LogP contribution in [0, 0.1) is 17.6 Å². The lowest BCUT2D eigenvalue weighted by Gasteiger charge is -2.24. The van der Waals surface area contributed by atoms with Gasteiger partial charge in [-0.25, -0.2) is 8.78 Å². The summed E-state index contributed by atoms with van der Waals surface area (Å²) in [5, 5.41) is 3.02. The molecular weight excluding hydrogens is 266 g/mol. The van der Waals surface area contributed by atoms with Gasteiger partial charge in [0.1, 0.15) is 4.99 Å². The molecule has 0 heterocycles. The van der Waals surface area contributed by atoms with Gasteiger partial charge in [-0.2, -0.15) is 0 Å². The lowest BCUT2D eigenvalue weighted by molar-refractivity contribution is 0.434. The average molecular weight is 286 g/mol. The summed E-state index contributed by atoms with van der Waals surface area (Å²) >= 11 is 4.67. The second kappa shape index (κ2) is 6.80. The molecule has 1 unspecified atom stereocenters. The van der Waals surface area contributed by atoms with Crippen molar-refractivity contribution in [2.75, 3.05) is 5.32 Å². The van der Waals surface area contributed by atoms with E-state index in [9.17, 15) is 8.78 Å². The van der Waals surface area contributed by atoms with Crippen molar-refractivity contribution in [1.29, 1.82) is 0 Å². The number of halogens is 2. The Bertz CT molecular complexity index is 459. The third-order valence-corrected chi connectivity index (χ3v) is 3.71. The highest BCUT2D eigenvalue weighted by atomic mass is 32.1. The van der Waals surface area contributed by atoms with Crippen LogP contribution in [0.5, 0.6) is 0 Å². The Labute approximate surface area is 118 Å². The Kier molecular flexibility index (Phi) is 5.66. The Morgan fingerprint density at radius 1 is 1.26 bits per heavy atom. The molecule has 1 atom stereocenters. The molecule has 2 nitrogen and oxygen atoms in total. The topological polar surface area (TPSA) is 38.0 Å². The van der Waals surface area contributed by atoms with Crippen LogP contribution in [-0.4, -0.2) is 11.0 Å². The fraction of sp³-hybridized carbons (Fsp3) is 0.500. The number of nitrogens with one attached hydrogen (secondary N) is 1. The highest BCUT2D eigenvalue weighted by molar-refractivity contribution is 7.80. The first-order valence-electron chi connectivity index (χ1n) is 6.46. The number of nitrogens with two attached hydrogens (primary N) is 1. The third kappa shape index (κ3) is 3.62. The average Bonchev–Trinajstić information content (AvgIpc) is 2.36. The minimum absolute atomic E-state index is 0.0618. The van der Waals surface area contributed by atoms with Crippen molar-refractivity contribution in [1.82, 2.24) is 0 Å². The number of thiocarbonyl (C=S) groups is 1. The van der Waals surface area contributed by atoms with Crippen molar-refractivity contribution in [3.05, 3.63) is 29.3 Å². The molecule has 0 aliphatic rings. The largest absolute Gasteiger partial charge is 0.389 e. The summed E-state index contributed by atoms with van der Waals surface area (Å²) < 4.78 is 27.6. The van der Waals surface area contributed by atoms with Gasteiger partial charge in [-0.15, -0.1) is 0 Å². The van der Waals surface area contributed by atoms with E-state index in [1.165, 1.54) is 12.1 Å². The molecule has 1 aromatic rings. The van der Waals surface area contributed by atoms with E-state index >= 15 is 0 Å². The number of anilines is 1. The fourth-order valence-electron chi connectivity index (χ4n) is 2.21.